The number of halogens is 1. The van der Waals surface area contributed by atoms with E-state index in [2.05, 4.69) is 22.5 Å². The molecule has 0 radical (unpaired) electrons. The van der Waals surface area contributed by atoms with Gasteiger partial charge in [0.15, 0.2) is 0 Å². The molecule has 1 heterocycles. The van der Waals surface area contributed by atoms with Crippen LogP contribution >= 0.6 is 0 Å². The van der Waals surface area contributed by atoms with Gasteiger partial charge in [-0.2, -0.15) is 10.8 Å². The number of hydrogen-bond acceptors (Lipinski definition) is 5. The molecule has 0 bridgehead atoms. The molecule has 1 saturated heterocycles. The maximum absolute atomic E-state index is 13.2. The second kappa shape index (κ2) is 7.51. The highest BCUT2D eigenvalue weighted by atomic mass is 19.1. The highest BCUT2D eigenvalue weighted by Gasteiger charge is 2.28. The SMILES string of the molecule is CCOCc1cc(-c2ccc(F)cc2)cc(C2NNNC2C#N)c1. The topological polar surface area (TPSA) is 69.1 Å². The first-order valence-electron chi connectivity index (χ1n) is 7.84. The van der Waals surface area contributed by atoms with Crippen LogP contribution in [0.3, 0.4) is 0 Å². The Morgan fingerprint density at radius 1 is 1.12 bits per heavy atom. The summed E-state index contributed by atoms with van der Waals surface area (Å²) in [4.78, 5) is 0. The van der Waals surface area contributed by atoms with Crippen molar-refractivity contribution in [3.05, 3.63) is 59.4 Å². The lowest BCUT2D eigenvalue weighted by Crippen LogP contribution is -2.32. The summed E-state index contributed by atoms with van der Waals surface area (Å²) in [6.07, 6.45) is 0. The number of nitriles is 1. The quantitative estimate of drug-likeness (QED) is 0.788. The molecule has 0 spiro atoms. The maximum Gasteiger partial charge on any atom is 0.130 e. The van der Waals surface area contributed by atoms with E-state index in [1.807, 2.05) is 25.1 Å². The van der Waals surface area contributed by atoms with Crippen molar-refractivity contribution in [3.63, 3.8) is 0 Å². The van der Waals surface area contributed by atoms with Crippen LogP contribution in [0.2, 0.25) is 0 Å². The largest absolute Gasteiger partial charge is 0.377 e. The summed E-state index contributed by atoms with van der Waals surface area (Å²) in [6.45, 7) is 3.06. The van der Waals surface area contributed by atoms with E-state index in [1.165, 1.54) is 12.1 Å². The third kappa shape index (κ3) is 3.61. The fourth-order valence-corrected chi connectivity index (χ4v) is 2.76. The Hall–Kier alpha value is -2.30. The van der Waals surface area contributed by atoms with Crippen LogP contribution in [0.25, 0.3) is 11.1 Å². The van der Waals surface area contributed by atoms with Crippen LogP contribution in [0.1, 0.15) is 24.1 Å². The minimum atomic E-state index is -0.381. The van der Waals surface area contributed by atoms with Gasteiger partial charge in [0.2, 0.25) is 0 Å². The Balaban J connectivity index is 2.00. The highest BCUT2D eigenvalue weighted by Crippen LogP contribution is 2.28. The van der Waals surface area contributed by atoms with Crippen molar-refractivity contribution < 1.29 is 9.13 Å². The molecule has 2 unspecified atom stereocenters. The van der Waals surface area contributed by atoms with Crippen molar-refractivity contribution in [2.45, 2.75) is 25.6 Å². The van der Waals surface area contributed by atoms with Crippen LogP contribution in [0.4, 0.5) is 4.39 Å². The Kier molecular flexibility index (Phi) is 5.18. The van der Waals surface area contributed by atoms with Crippen molar-refractivity contribution in [3.8, 4) is 17.2 Å². The van der Waals surface area contributed by atoms with Gasteiger partial charge in [-0.3, -0.25) is 0 Å². The number of hydrazine groups is 2. The second-order valence-electron chi connectivity index (χ2n) is 5.61. The van der Waals surface area contributed by atoms with Gasteiger partial charge in [0.05, 0.1) is 18.7 Å². The van der Waals surface area contributed by atoms with Gasteiger partial charge in [0.1, 0.15) is 11.9 Å². The molecular formula is C18H19FN4O. The normalized spacial score (nSPS) is 20.0. The average molecular weight is 326 g/mol. The average Bonchev–Trinajstić information content (AvgIpc) is 3.09. The molecule has 5 nitrogen and oxygen atoms in total. The Labute approximate surface area is 140 Å². The Morgan fingerprint density at radius 3 is 2.62 bits per heavy atom. The summed E-state index contributed by atoms with van der Waals surface area (Å²) in [7, 11) is 0. The number of nitrogens with one attached hydrogen (secondary N) is 3. The minimum Gasteiger partial charge on any atom is -0.377 e. The van der Waals surface area contributed by atoms with Gasteiger partial charge in [-0.05, 0) is 53.4 Å². The third-order valence-corrected chi connectivity index (χ3v) is 3.95. The van der Waals surface area contributed by atoms with Crippen molar-refractivity contribution in [1.29, 1.82) is 5.26 Å². The fraction of sp³-hybridized carbons (Fsp3) is 0.278. The Morgan fingerprint density at radius 2 is 1.92 bits per heavy atom. The summed E-state index contributed by atoms with van der Waals surface area (Å²) in [6, 6.07) is 14.1. The Bertz CT molecular complexity index is 742. The van der Waals surface area contributed by atoms with Crippen LogP contribution in [-0.4, -0.2) is 12.6 Å². The molecular weight excluding hydrogens is 307 g/mol. The number of nitrogens with zero attached hydrogens (tertiary/aromatic N) is 1. The maximum atomic E-state index is 13.2. The lowest BCUT2D eigenvalue weighted by atomic mass is 9.94. The molecule has 0 aliphatic carbocycles. The van der Waals surface area contributed by atoms with Crippen LogP contribution < -0.4 is 16.4 Å². The molecule has 0 aromatic heterocycles. The summed E-state index contributed by atoms with van der Waals surface area (Å²) in [5, 5.41) is 9.27. The van der Waals surface area contributed by atoms with Crippen molar-refractivity contribution in [2.75, 3.05) is 6.61 Å². The van der Waals surface area contributed by atoms with E-state index >= 15 is 0 Å². The zero-order chi connectivity index (χ0) is 16.9. The smallest absolute Gasteiger partial charge is 0.130 e. The van der Waals surface area contributed by atoms with Crippen molar-refractivity contribution in [1.82, 2.24) is 16.4 Å². The van der Waals surface area contributed by atoms with Crippen LogP contribution in [0.5, 0.6) is 0 Å². The predicted octanol–water partition coefficient (Wildman–Crippen LogP) is 2.57. The summed E-state index contributed by atoms with van der Waals surface area (Å²) < 4.78 is 18.7. The zero-order valence-electron chi connectivity index (χ0n) is 13.3. The molecule has 1 fully saturated rings. The van der Waals surface area contributed by atoms with E-state index in [0.717, 1.165) is 22.3 Å². The molecule has 0 amide bonds. The molecule has 2 atom stereocenters. The number of hydrogen-bond donors (Lipinski definition) is 3. The third-order valence-electron chi connectivity index (χ3n) is 3.95. The van der Waals surface area contributed by atoms with E-state index in [-0.39, 0.29) is 17.9 Å². The molecule has 2 aromatic carbocycles. The van der Waals surface area contributed by atoms with Crippen LogP contribution in [0.15, 0.2) is 42.5 Å². The molecule has 124 valence electrons. The lowest BCUT2D eigenvalue weighted by molar-refractivity contribution is 0.134. The van der Waals surface area contributed by atoms with Gasteiger partial charge < -0.3 is 4.74 Å². The molecule has 6 heteroatoms. The molecule has 1 aliphatic rings. The zero-order valence-corrected chi connectivity index (χ0v) is 13.3. The molecule has 3 N–H and O–H groups in total. The highest BCUT2D eigenvalue weighted by molar-refractivity contribution is 5.65. The predicted molar refractivity (Wildman–Crippen MR) is 88.7 cm³/mol. The van der Waals surface area contributed by atoms with Gasteiger partial charge in [0, 0.05) is 6.61 Å². The lowest BCUT2D eigenvalue weighted by Gasteiger charge is -2.16. The summed E-state index contributed by atoms with van der Waals surface area (Å²) in [5.41, 5.74) is 12.6. The molecule has 24 heavy (non-hydrogen) atoms. The molecule has 2 aromatic rings. The number of ether oxygens (including phenoxy) is 1. The second-order valence-corrected chi connectivity index (χ2v) is 5.61. The van der Waals surface area contributed by atoms with Gasteiger partial charge in [-0.1, -0.05) is 18.2 Å². The van der Waals surface area contributed by atoms with Gasteiger partial charge >= 0.3 is 0 Å². The van der Waals surface area contributed by atoms with Crippen LogP contribution in [0, 0.1) is 17.1 Å². The van der Waals surface area contributed by atoms with E-state index in [9.17, 15) is 9.65 Å². The minimum absolute atomic E-state index is 0.184. The summed E-state index contributed by atoms with van der Waals surface area (Å²) >= 11 is 0. The van der Waals surface area contributed by atoms with Gasteiger partial charge in [-0.25, -0.2) is 15.2 Å². The van der Waals surface area contributed by atoms with Gasteiger partial charge in [-0.15, -0.1) is 0 Å². The first-order valence-corrected chi connectivity index (χ1v) is 7.84. The monoisotopic (exact) mass is 326 g/mol. The molecule has 0 saturated carbocycles. The van der Waals surface area contributed by atoms with Crippen molar-refractivity contribution in [2.24, 2.45) is 0 Å². The van der Waals surface area contributed by atoms with E-state index in [0.29, 0.717) is 13.2 Å². The number of benzene rings is 2. The van der Waals surface area contributed by atoms with Crippen molar-refractivity contribution >= 4 is 0 Å². The first kappa shape index (κ1) is 16.6. The van der Waals surface area contributed by atoms with E-state index < -0.39 is 0 Å². The van der Waals surface area contributed by atoms with E-state index in [1.54, 1.807) is 12.1 Å². The van der Waals surface area contributed by atoms with Crippen LogP contribution in [-0.2, 0) is 11.3 Å². The molecule has 1 aliphatic heterocycles. The first-order chi connectivity index (χ1) is 11.7. The van der Waals surface area contributed by atoms with E-state index in [4.69, 9.17) is 4.74 Å². The van der Waals surface area contributed by atoms with Gasteiger partial charge in [0.25, 0.3) is 0 Å². The summed E-state index contributed by atoms with van der Waals surface area (Å²) in [5.74, 6) is -0.264. The molecule has 3 rings (SSSR count). The standard InChI is InChI=1S/C18H19FN4O/c1-2-24-11-12-7-14(13-3-5-16(19)6-4-13)9-15(8-12)18-17(10-20)21-23-22-18/h3-9,17-18,21-23H,2,11H2,1H3. The fourth-order valence-electron chi connectivity index (χ4n) is 2.76. The number of rotatable bonds is 5.